The number of benzene rings is 1. The van der Waals surface area contributed by atoms with Gasteiger partial charge in [0.2, 0.25) is 0 Å². The molecule has 1 aromatic carbocycles. The van der Waals surface area contributed by atoms with Crippen molar-refractivity contribution in [2.24, 2.45) is 0 Å². The summed E-state index contributed by atoms with van der Waals surface area (Å²) in [6.07, 6.45) is 1.01. The van der Waals surface area contributed by atoms with Gasteiger partial charge in [-0.25, -0.2) is 0 Å². The van der Waals surface area contributed by atoms with Crippen LogP contribution in [0.5, 0.6) is 5.75 Å². The Morgan fingerprint density at radius 1 is 1.25 bits per heavy atom. The van der Waals surface area contributed by atoms with Gasteiger partial charge < -0.3 is 9.84 Å². The van der Waals surface area contributed by atoms with Crippen molar-refractivity contribution in [1.29, 1.82) is 0 Å². The third-order valence-corrected chi connectivity index (χ3v) is 4.13. The molecule has 20 heavy (non-hydrogen) atoms. The number of rotatable bonds is 3. The van der Waals surface area contributed by atoms with Gasteiger partial charge in [0.05, 0.1) is 13.2 Å². The van der Waals surface area contributed by atoms with Crippen LogP contribution in [0.1, 0.15) is 18.0 Å². The highest BCUT2D eigenvalue weighted by Gasteiger charge is 2.29. The molecular formula is C15H20N2O3. The van der Waals surface area contributed by atoms with E-state index in [-0.39, 0.29) is 6.54 Å². The maximum Gasteiger partial charge on any atom is 0.317 e. The number of piperazine rings is 1. The molecular weight excluding hydrogens is 256 g/mol. The van der Waals surface area contributed by atoms with Gasteiger partial charge in [-0.1, -0.05) is 18.2 Å². The van der Waals surface area contributed by atoms with Gasteiger partial charge in [-0.3, -0.25) is 14.6 Å². The summed E-state index contributed by atoms with van der Waals surface area (Å²) in [6, 6.07) is 8.64. The second kappa shape index (κ2) is 5.81. The molecule has 2 aliphatic heterocycles. The number of hydrogen-bond acceptors (Lipinski definition) is 4. The molecule has 0 amide bonds. The Kier molecular flexibility index (Phi) is 3.89. The van der Waals surface area contributed by atoms with Gasteiger partial charge >= 0.3 is 5.97 Å². The molecule has 0 aromatic heterocycles. The lowest BCUT2D eigenvalue weighted by atomic mass is 9.98. The summed E-state index contributed by atoms with van der Waals surface area (Å²) >= 11 is 0. The largest absolute Gasteiger partial charge is 0.493 e. The lowest BCUT2D eigenvalue weighted by Crippen LogP contribution is -2.49. The predicted molar refractivity (Wildman–Crippen MR) is 74.9 cm³/mol. The van der Waals surface area contributed by atoms with Gasteiger partial charge in [-0.2, -0.15) is 0 Å². The van der Waals surface area contributed by atoms with Crippen LogP contribution in [0.15, 0.2) is 24.3 Å². The summed E-state index contributed by atoms with van der Waals surface area (Å²) in [5.74, 6) is 0.256. The molecule has 3 rings (SSSR count). The first-order valence-electron chi connectivity index (χ1n) is 7.14. The molecule has 5 nitrogen and oxygen atoms in total. The van der Waals surface area contributed by atoms with Crippen molar-refractivity contribution in [1.82, 2.24) is 9.80 Å². The Hall–Kier alpha value is -1.59. The standard InChI is InChI=1S/C15H20N2O3/c18-15(19)11-16-6-8-17(9-7-16)13-5-10-20-14-4-2-1-3-12(13)14/h1-4,13H,5-11H2,(H,18,19). The molecule has 0 saturated carbocycles. The summed E-state index contributed by atoms with van der Waals surface area (Å²) in [7, 11) is 0. The molecule has 1 atom stereocenters. The van der Waals surface area contributed by atoms with Crippen LogP contribution >= 0.6 is 0 Å². The fourth-order valence-corrected chi connectivity index (χ4v) is 3.13. The second-order valence-corrected chi connectivity index (χ2v) is 5.40. The topological polar surface area (TPSA) is 53.0 Å². The number of carbonyl (C=O) groups is 1. The van der Waals surface area contributed by atoms with E-state index in [1.54, 1.807) is 0 Å². The summed E-state index contributed by atoms with van der Waals surface area (Å²) < 4.78 is 5.70. The van der Waals surface area contributed by atoms with Crippen LogP contribution in [-0.4, -0.2) is 60.2 Å². The van der Waals surface area contributed by atoms with Gasteiger partial charge in [0, 0.05) is 44.2 Å². The second-order valence-electron chi connectivity index (χ2n) is 5.40. The van der Waals surface area contributed by atoms with Gasteiger partial charge in [0.1, 0.15) is 5.75 Å². The van der Waals surface area contributed by atoms with Crippen molar-refractivity contribution in [2.45, 2.75) is 12.5 Å². The van der Waals surface area contributed by atoms with Crippen molar-refractivity contribution in [3.8, 4) is 5.75 Å². The minimum Gasteiger partial charge on any atom is -0.493 e. The minimum atomic E-state index is -0.741. The number of fused-ring (bicyclic) bond motifs is 1. The Labute approximate surface area is 118 Å². The zero-order valence-electron chi connectivity index (χ0n) is 11.5. The van der Waals surface area contributed by atoms with Crippen LogP contribution in [0.4, 0.5) is 0 Å². The molecule has 1 saturated heterocycles. The van der Waals surface area contributed by atoms with Crippen LogP contribution in [-0.2, 0) is 4.79 Å². The molecule has 0 bridgehead atoms. The van der Waals surface area contributed by atoms with Crippen molar-refractivity contribution in [3.63, 3.8) is 0 Å². The number of ether oxygens (including phenoxy) is 1. The number of carboxylic acid groups (broad SMARTS) is 1. The normalized spacial score (nSPS) is 23.9. The minimum absolute atomic E-state index is 0.151. The summed E-state index contributed by atoms with van der Waals surface area (Å²) in [5.41, 5.74) is 1.27. The molecule has 1 N–H and O–H groups in total. The highest BCUT2D eigenvalue weighted by molar-refractivity contribution is 5.69. The highest BCUT2D eigenvalue weighted by atomic mass is 16.5. The zero-order valence-corrected chi connectivity index (χ0v) is 11.5. The Morgan fingerprint density at radius 2 is 2.00 bits per heavy atom. The van der Waals surface area contributed by atoms with E-state index in [4.69, 9.17) is 9.84 Å². The molecule has 1 unspecified atom stereocenters. The third-order valence-electron chi connectivity index (χ3n) is 4.13. The first-order chi connectivity index (χ1) is 9.74. The van der Waals surface area contributed by atoms with Gasteiger partial charge in [-0.15, -0.1) is 0 Å². The Bertz CT molecular complexity index is 484. The van der Waals surface area contributed by atoms with E-state index < -0.39 is 5.97 Å². The van der Waals surface area contributed by atoms with Crippen molar-refractivity contribution in [3.05, 3.63) is 29.8 Å². The third kappa shape index (κ3) is 2.78. The van der Waals surface area contributed by atoms with Crippen molar-refractivity contribution in [2.75, 3.05) is 39.3 Å². The van der Waals surface area contributed by atoms with Crippen LogP contribution in [0.3, 0.4) is 0 Å². The van der Waals surface area contributed by atoms with Gasteiger partial charge in [0.25, 0.3) is 0 Å². The first-order valence-corrected chi connectivity index (χ1v) is 7.14. The van der Waals surface area contributed by atoms with Crippen LogP contribution in [0.25, 0.3) is 0 Å². The molecule has 1 aromatic rings. The summed E-state index contributed by atoms with van der Waals surface area (Å²) in [6.45, 7) is 4.41. The lowest BCUT2D eigenvalue weighted by molar-refractivity contribution is -0.138. The zero-order chi connectivity index (χ0) is 13.9. The molecule has 2 aliphatic rings. The predicted octanol–water partition coefficient (Wildman–Crippen LogP) is 1.21. The monoisotopic (exact) mass is 276 g/mol. The Balaban J connectivity index is 1.66. The molecule has 5 heteroatoms. The van der Waals surface area contributed by atoms with E-state index in [9.17, 15) is 4.79 Å². The Morgan fingerprint density at radius 3 is 2.75 bits per heavy atom. The number of carboxylic acids is 1. The molecule has 0 spiro atoms. The van der Waals surface area contributed by atoms with E-state index in [2.05, 4.69) is 17.0 Å². The first kappa shape index (κ1) is 13.4. The molecule has 0 radical (unpaired) electrons. The molecule has 1 fully saturated rings. The fourth-order valence-electron chi connectivity index (χ4n) is 3.13. The molecule has 2 heterocycles. The quantitative estimate of drug-likeness (QED) is 0.899. The SMILES string of the molecule is O=C(O)CN1CCN(C2CCOc3ccccc32)CC1. The smallest absolute Gasteiger partial charge is 0.317 e. The average molecular weight is 276 g/mol. The number of aliphatic carboxylic acids is 1. The van der Waals surface area contributed by atoms with Gasteiger partial charge in [-0.05, 0) is 6.07 Å². The van der Waals surface area contributed by atoms with E-state index >= 15 is 0 Å². The average Bonchev–Trinajstić information content (AvgIpc) is 2.47. The van der Waals surface area contributed by atoms with E-state index in [0.717, 1.165) is 45.0 Å². The maximum atomic E-state index is 10.7. The number of para-hydroxylation sites is 1. The summed E-state index contributed by atoms with van der Waals surface area (Å²) in [5, 5.41) is 8.84. The number of hydrogen-bond donors (Lipinski definition) is 1. The summed E-state index contributed by atoms with van der Waals surface area (Å²) in [4.78, 5) is 15.2. The fraction of sp³-hybridized carbons (Fsp3) is 0.533. The van der Waals surface area contributed by atoms with E-state index in [0.29, 0.717) is 6.04 Å². The molecule has 0 aliphatic carbocycles. The van der Waals surface area contributed by atoms with Crippen LogP contribution < -0.4 is 4.74 Å². The maximum absolute atomic E-state index is 10.7. The lowest BCUT2D eigenvalue weighted by Gasteiger charge is -2.40. The van der Waals surface area contributed by atoms with E-state index in [1.165, 1.54) is 5.56 Å². The van der Waals surface area contributed by atoms with E-state index in [1.807, 2.05) is 17.0 Å². The van der Waals surface area contributed by atoms with Crippen molar-refractivity contribution < 1.29 is 14.6 Å². The van der Waals surface area contributed by atoms with Crippen molar-refractivity contribution >= 4 is 5.97 Å². The number of nitrogens with zero attached hydrogens (tertiary/aromatic N) is 2. The van der Waals surface area contributed by atoms with Crippen LogP contribution in [0, 0.1) is 0 Å². The highest BCUT2D eigenvalue weighted by Crippen LogP contribution is 2.35. The van der Waals surface area contributed by atoms with Gasteiger partial charge in [0.15, 0.2) is 0 Å². The molecule has 108 valence electrons. The van der Waals surface area contributed by atoms with Crippen LogP contribution in [0.2, 0.25) is 0 Å².